The van der Waals surface area contributed by atoms with Crippen LogP contribution in [0.15, 0.2) is 0 Å². The van der Waals surface area contributed by atoms with Crippen LogP contribution >= 0.6 is 0 Å². The van der Waals surface area contributed by atoms with E-state index < -0.39 is 0 Å². The van der Waals surface area contributed by atoms with Gasteiger partial charge in [0.2, 0.25) is 6.26 Å². The van der Waals surface area contributed by atoms with Gasteiger partial charge in [0.1, 0.15) is 0 Å². The van der Waals surface area contributed by atoms with E-state index >= 15 is 0 Å². The van der Waals surface area contributed by atoms with Gasteiger partial charge in [-0.2, -0.15) is 0 Å². The lowest BCUT2D eigenvalue weighted by Crippen LogP contribution is -1.32. The minimum Gasteiger partial charge on any atom is -0.400 e. The fraction of sp³-hybridized carbons (Fsp3) is 1.00. The highest BCUT2D eigenvalue weighted by Crippen LogP contribution is 1.14. The van der Waals surface area contributed by atoms with Crippen molar-refractivity contribution in [2.75, 3.05) is 13.4 Å². The molecule has 0 aromatic carbocycles. The van der Waals surface area contributed by atoms with Crippen LogP contribution in [0.3, 0.4) is 0 Å². The Kier molecular flexibility index (Phi) is 65.4. The van der Waals surface area contributed by atoms with Gasteiger partial charge in [-0.25, -0.2) is 0 Å². The van der Waals surface area contributed by atoms with Gasteiger partial charge >= 0.3 is 11.7 Å². The molecule has 1 N–H and O–H groups in total. The maximum absolute atomic E-state index is 8.85. The molecule has 5 heavy (non-hydrogen) atoms. The first-order valence-corrected chi connectivity index (χ1v) is 2.17. The summed E-state index contributed by atoms with van der Waals surface area (Å²) < 4.78 is 8.85. The van der Waals surface area contributed by atoms with E-state index in [4.69, 9.17) is 9.32 Å². The highest BCUT2D eigenvalue weighted by molar-refractivity contribution is 7.64. The fourth-order valence-corrected chi connectivity index (χ4v) is 0. The van der Waals surface area contributed by atoms with E-state index in [0.29, 0.717) is 11.7 Å². The van der Waals surface area contributed by atoms with E-state index in [0.717, 1.165) is 7.11 Å². The monoisotopic (exact) mass is 95.0 g/mol. The second-order valence-corrected chi connectivity index (χ2v) is 0.500. The van der Waals surface area contributed by atoms with Crippen molar-refractivity contribution in [2.24, 2.45) is 0 Å². The summed E-state index contributed by atoms with van der Waals surface area (Å²) in [4.78, 5) is 0. The van der Waals surface area contributed by atoms with Gasteiger partial charge in [0.15, 0.2) is 0 Å². The second-order valence-electron chi connectivity index (χ2n) is 0.167. The highest BCUT2D eigenvalue weighted by atomic mass is 32.1. The molecule has 0 rings (SSSR count). The van der Waals surface area contributed by atoms with Gasteiger partial charge in [-0.3, -0.25) is 0 Å². The van der Waals surface area contributed by atoms with Gasteiger partial charge in [0.05, 0.1) is 0 Å². The Morgan fingerprint density at radius 1 is 1.60 bits per heavy atom. The summed E-state index contributed by atoms with van der Waals surface area (Å²) >= 11 is 0.500. The molecule has 0 aromatic heterocycles. The molecule has 2 nitrogen and oxygen atoms in total. The largest absolute Gasteiger partial charge is 0.455 e. The molecule has 0 saturated heterocycles. The van der Waals surface area contributed by atoms with Crippen molar-refractivity contribution in [2.45, 2.75) is 0 Å². The van der Waals surface area contributed by atoms with E-state index in [1.807, 2.05) is 0 Å². The average Bonchev–Trinajstić information content (AvgIpc) is 1.46. The first-order valence-electron chi connectivity index (χ1n) is 1.02. The molecule has 0 unspecified atom stereocenters. The van der Waals surface area contributed by atoms with Gasteiger partial charge in [0.25, 0.3) is 0 Å². The van der Waals surface area contributed by atoms with Crippen molar-refractivity contribution in [1.82, 2.24) is 0 Å². The van der Waals surface area contributed by atoms with Crippen LogP contribution in [0.5, 0.6) is 0 Å². The van der Waals surface area contributed by atoms with E-state index in [9.17, 15) is 0 Å². The molecule has 3 heteroatoms. The molecule has 0 aromatic rings. The lowest BCUT2D eigenvalue weighted by atomic mass is 11.8. The number of hydrogen-bond donors (Lipinski definition) is 1. The van der Waals surface area contributed by atoms with E-state index in [1.54, 1.807) is 0 Å². The van der Waals surface area contributed by atoms with Crippen molar-refractivity contribution < 1.29 is 9.32 Å². The molecular weight excluding hydrogens is 88.1 g/mol. The normalized spacial score (nSPS) is 3.80. The van der Waals surface area contributed by atoms with Crippen LogP contribution in [0.25, 0.3) is 0 Å². The molecule has 0 aliphatic rings. The van der Waals surface area contributed by atoms with Crippen molar-refractivity contribution >= 4 is 11.7 Å². The van der Waals surface area contributed by atoms with Gasteiger partial charge < -0.3 is 5.11 Å². The van der Waals surface area contributed by atoms with Gasteiger partial charge in [-0.1, -0.05) is 0 Å². The van der Waals surface area contributed by atoms with Crippen LogP contribution in [0.1, 0.15) is 0 Å². The third-order valence-electron chi connectivity index (χ3n) is 0. The summed E-state index contributed by atoms with van der Waals surface area (Å²) in [5.41, 5.74) is 0. The summed E-state index contributed by atoms with van der Waals surface area (Å²) in [6.07, 6.45) is 1.49. The zero-order chi connectivity index (χ0) is 4.71. The second kappa shape index (κ2) is 36.8. The first kappa shape index (κ1) is 8.88. The topological polar surface area (TPSA) is 37.3 Å². The molecule has 0 saturated carbocycles. The van der Waals surface area contributed by atoms with Crippen molar-refractivity contribution in [3.8, 4) is 0 Å². The smallest absolute Gasteiger partial charge is 0.400 e. The van der Waals surface area contributed by atoms with E-state index in [-0.39, 0.29) is 0 Å². The Morgan fingerprint density at radius 2 is 1.60 bits per heavy atom. The van der Waals surface area contributed by atoms with Gasteiger partial charge in [-0.15, -0.1) is 0 Å². The Hall–Kier alpha value is -0.0200. The van der Waals surface area contributed by atoms with Gasteiger partial charge in [-0.05, 0) is 0 Å². The van der Waals surface area contributed by atoms with Crippen molar-refractivity contribution in [1.29, 1.82) is 0 Å². The molecule has 32 valence electrons. The summed E-state index contributed by atoms with van der Waals surface area (Å²) in [7, 11) is 1.00. The zero-order valence-electron chi connectivity index (χ0n) is 3.26. The summed E-state index contributed by atoms with van der Waals surface area (Å²) in [6.45, 7) is 0. The minimum absolute atomic E-state index is 0.500. The SMILES string of the molecule is CO.C[S+]=O. The lowest BCUT2D eigenvalue weighted by Gasteiger charge is -1.21. The standard InChI is InChI=1S/CH3OS.CH4O/c1-3-2;1-2/h1H3;2H,1H3/q+1;. The average molecular weight is 95.1 g/mol. The maximum Gasteiger partial charge on any atom is 0.455 e. The summed E-state index contributed by atoms with van der Waals surface area (Å²) in [5, 5.41) is 7.00. The molecule has 0 atom stereocenters. The molecular formula is C2H7O2S+. The van der Waals surface area contributed by atoms with Crippen LogP contribution in [-0.2, 0) is 15.9 Å². The lowest BCUT2D eigenvalue weighted by molar-refractivity contribution is 0.399. The molecule has 0 radical (unpaired) electrons. The first-order chi connectivity index (χ1) is 2.41. The molecule has 0 aliphatic heterocycles. The number of aliphatic hydroxyl groups excluding tert-OH is 1. The molecule has 0 heterocycles. The van der Waals surface area contributed by atoms with Gasteiger partial charge in [0, 0.05) is 11.3 Å². The van der Waals surface area contributed by atoms with E-state index in [2.05, 4.69) is 0 Å². The Morgan fingerprint density at radius 3 is 1.60 bits per heavy atom. The molecule has 0 amide bonds. The predicted molar refractivity (Wildman–Crippen MR) is 22.1 cm³/mol. The van der Waals surface area contributed by atoms with Crippen LogP contribution in [0, 0.1) is 0 Å². The molecule has 0 fully saturated rings. The number of hydrogen-bond acceptors (Lipinski definition) is 2. The third-order valence-corrected chi connectivity index (χ3v) is 0. The summed E-state index contributed by atoms with van der Waals surface area (Å²) in [6, 6.07) is 0. The van der Waals surface area contributed by atoms with Crippen LogP contribution in [0.4, 0.5) is 0 Å². The summed E-state index contributed by atoms with van der Waals surface area (Å²) in [5.74, 6) is 0. The maximum atomic E-state index is 8.85. The zero-order valence-corrected chi connectivity index (χ0v) is 4.08. The number of aliphatic hydroxyl groups is 1. The van der Waals surface area contributed by atoms with Crippen LogP contribution in [0.2, 0.25) is 0 Å². The fourth-order valence-electron chi connectivity index (χ4n) is 0. The molecule has 0 aliphatic carbocycles. The third kappa shape index (κ3) is 39000. The van der Waals surface area contributed by atoms with Crippen LogP contribution < -0.4 is 0 Å². The Bertz CT molecular complexity index is 15.1. The van der Waals surface area contributed by atoms with Crippen LogP contribution in [-0.4, -0.2) is 18.5 Å². The molecule has 0 bridgehead atoms. The van der Waals surface area contributed by atoms with E-state index in [1.165, 1.54) is 6.26 Å². The number of rotatable bonds is 0. The minimum atomic E-state index is 0.500. The predicted octanol–water partition coefficient (Wildman–Crippen LogP) is -0.347. The highest BCUT2D eigenvalue weighted by Gasteiger charge is 1.54. The quantitative estimate of drug-likeness (QED) is 0.418. The Labute approximate surface area is 35.3 Å². The molecule has 0 spiro atoms. The van der Waals surface area contributed by atoms with Crippen molar-refractivity contribution in [3.05, 3.63) is 0 Å². The van der Waals surface area contributed by atoms with Crippen molar-refractivity contribution in [3.63, 3.8) is 0 Å². The Balaban J connectivity index is 0.